The maximum atomic E-state index is 13.0. The zero-order chi connectivity index (χ0) is 20.2. The van der Waals surface area contributed by atoms with Crippen molar-refractivity contribution in [3.05, 3.63) is 41.6 Å². The zero-order valence-corrected chi connectivity index (χ0v) is 16.8. The molecule has 4 rings (SSSR count). The van der Waals surface area contributed by atoms with Crippen molar-refractivity contribution in [3.8, 4) is 11.5 Å². The number of nitrogens with zero attached hydrogens (tertiary/aromatic N) is 3. The Morgan fingerprint density at radius 2 is 1.90 bits per heavy atom. The summed E-state index contributed by atoms with van der Waals surface area (Å²) in [5.41, 5.74) is 7.19. The molecule has 2 fully saturated rings. The number of nitrogen functional groups attached to an aromatic ring is 1. The summed E-state index contributed by atoms with van der Waals surface area (Å²) in [7, 11) is 1.61. The van der Waals surface area contributed by atoms with Gasteiger partial charge in [0, 0.05) is 24.6 Å². The van der Waals surface area contributed by atoms with Gasteiger partial charge in [0.15, 0.2) is 11.5 Å². The Hall–Kier alpha value is -2.83. The lowest BCUT2D eigenvalue weighted by Gasteiger charge is -2.31. The molecule has 2 heterocycles. The molecule has 1 saturated heterocycles. The molecule has 1 saturated carbocycles. The molecule has 7 heteroatoms. The largest absolute Gasteiger partial charge is 0.493 e. The molecule has 29 heavy (non-hydrogen) atoms. The van der Waals surface area contributed by atoms with E-state index in [1.165, 1.54) is 19.3 Å². The van der Waals surface area contributed by atoms with Crippen LogP contribution in [0.15, 0.2) is 30.3 Å². The number of anilines is 1. The second kappa shape index (κ2) is 8.68. The minimum atomic E-state index is 0.0238. The lowest BCUT2D eigenvalue weighted by atomic mass is 9.86. The van der Waals surface area contributed by atoms with Gasteiger partial charge in [-0.25, -0.2) is 0 Å². The minimum absolute atomic E-state index is 0.0238. The molecule has 1 aromatic heterocycles. The first-order chi connectivity index (χ1) is 14.1. The average Bonchev–Trinajstić information content (AvgIpc) is 2.73. The molecule has 0 radical (unpaired) electrons. The predicted molar refractivity (Wildman–Crippen MR) is 110 cm³/mol. The molecule has 1 aromatic carbocycles. The van der Waals surface area contributed by atoms with Gasteiger partial charge in [-0.05, 0) is 61.9 Å². The number of likely N-dealkylation sites (tertiary alicyclic amines) is 1. The van der Waals surface area contributed by atoms with E-state index >= 15 is 0 Å². The van der Waals surface area contributed by atoms with Crippen molar-refractivity contribution in [2.75, 3.05) is 32.5 Å². The summed E-state index contributed by atoms with van der Waals surface area (Å²) in [5, 5.41) is 8.13. The number of benzene rings is 1. The summed E-state index contributed by atoms with van der Waals surface area (Å²) < 4.78 is 11.4. The third kappa shape index (κ3) is 4.44. The van der Waals surface area contributed by atoms with Gasteiger partial charge >= 0.3 is 0 Å². The van der Waals surface area contributed by atoms with E-state index in [-0.39, 0.29) is 5.91 Å². The lowest BCUT2D eigenvalue weighted by molar-refractivity contribution is 0.0711. The van der Waals surface area contributed by atoms with E-state index in [4.69, 9.17) is 15.2 Å². The molecule has 1 aliphatic carbocycles. The Morgan fingerprint density at radius 3 is 2.52 bits per heavy atom. The van der Waals surface area contributed by atoms with E-state index in [9.17, 15) is 4.79 Å². The van der Waals surface area contributed by atoms with Crippen LogP contribution in [0.25, 0.3) is 0 Å². The number of hydrogen-bond acceptors (Lipinski definition) is 6. The van der Waals surface area contributed by atoms with Gasteiger partial charge in [0.2, 0.25) is 0 Å². The number of ether oxygens (including phenoxy) is 2. The normalized spacial score (nSPS) is 17.6. The van der Waals surface area contributed by atoms with Crippen LogP contribution in [0.5, 0.6) is 11.5 Å². The summed E-state index contributed by atoms with van der Waals surface area (Å²) >= 11 is 0. The number of carbonyl (C=O) groups excluding carboxylic acids is 1. The van der Waals surface area contributed by atoms with Crippen LogP contribution in [-0.2, 0) is 0 Å². The second-order valence-electron chi connectivity index (χ2n) is 7.92. The van der Waals surface area contributed by atoms with Crippen LogP contribution in [0.4, 0.5) is 5.82 Å². The Bertz CT molecular complexity index is 844. The van der Waals surface area contributed by atoms with E-state index in [1.54, 1.807) is 19.2 Å². The number of amides is 1. The predicted octanol–water partition coefficient (Wildman–Crippen LogP) is 3.27. The van der Waals surface area contributed by atoms with E-state index in [0.717, 1.165) is 18.5 Å². The molecule has 0 unspecified atom stereocenters. The minimum Gasteiger partial charge on any atom is -0.493 e. The highest BCUT2D eigenvalue weighted by molar-refractivity contribution is 5.95. The maximum absolute atomic E-state index is 13.0. The van der Waals surface area contributed by atoms with Crippen molar-refractivity contribution < 1.29 is 14.3 Å². The van der Waals surface area contributed by atoms with Gasteiger partial charge in [-0.3, -0.25) is 4.79 Å². The standard InChI is InChI=1S/C22H28N4O3/c1-28-20-13-17(5-7-19(20)29-14-15-3-2-4-15)22(27)26-11-9-16(10-12-26)18-6-8-21(23)25-24-18/h5-8,13,15-16H,2-4,9-12,14H2,1H3,(H2,23,25). The second-order valence-corrected chi connectivity index (χ2v) is 7.92. The fourth-order valence-corrected chi connectivity index (χ4v) is 3.92. The molecule has 7 nitrogen and oxygen atoms in total. The van der Waals surface area contributed by atoms with Gasteiger partial charge in [0.25, 0.3) is 5.91 Å². The fraction of sp³-hybridized carbons (Fsp3) is 0.500. The quantitative estimate of drug-likeness (QED) is 0.806. The Balaban J connectivity index is 1.37. The number of rotatable bonds is 6. The summed E-state index contributed by atoms with van der Waals surface area (Å²) in [6, 6.07) is 9.17. The number of aromatic nitrogens is 2. The van der Waals surface area contributed by atoms with Crippen LogP contribution in [0.3, 0.4) is 0 Å². The van der Waals surface area contributed by atoms with Crippen molar-refractivity contribution >= 4 is 11.7 Å². The molecule has 2 aliphatic rings. The van der Waals surface area contributed by atoms with Crippen LogP contribution in [0.1, 0.15) is 54.1 Å². The van der Waals surface area contributed by atoms with Crippen LogP contribution in [-0.4, -0.2) is 47.8 Å². The van der Waals surface area contributed by atoms with Crippen molar-refractivity contribution in [1.82, 2.24) is 15.1 Å². The van der Waals surface area contributed by atoms with Gasteiger partial charge in [0.05, 0.1) is 19.4 Å². The molecule has 0 atom stereocenters. The number of nitrogens with two attached hydrogens (primary N) is 1. The molecule has 1 aliphatic heterocycles. The van der Waals surface area contributed by atoms with Gasteiger partial charge in [-0.15, -0.1) is 5.10 Å². The van der Waals surface area contributed by atoms with Gasteiger partial charge in [-0.1, -0.05) is 6.42 Å². The van der Waals surface area contributed by atoms with E-state index in [2.05, 4.69) is 10.2 Å². The van der Waals surface area contributed by atoms with Gasteiger partial charge in [0.1, 0.15) is 5.82 Å². The van der Waals surface area contributed by atoms with Crippen molar-refractivity contribution in [2.24, 2.45) is 5.92 Å². The van der Waals surface area contributed by atoms with Crippen molar-refractivity contribution in [1.29, 1.82) is 0 Å². The lowest BCUT2D eigenvalue weighted by Crippen LogP contribution is -2.38. The molecule has 154 valence electrons. The third-order valence-electron chi connectivity index (χ3n) is 6.02. The van der Waals surface area contributed by atoms with Crippen LogP contribution >= 0.6 is 0 Å². The number of carbonyl (C=O) groups is 1. The Morgan fingerprint density at radius 1 is 1.10 bits per heavy atom. The molecule has 2 N–H and O–H groups in total. The Kier molecular flexibility index (Phi) is 5.83. The highest BCUT2D eigenvalue weighted by Crippen LogP contribution is 2.33. The number of piperidine rings is 1. The fourth-order valence-electron chi connectivity index (χ4n) is 3.92. The molecular weight excluding hydrogens is 368 g/mol. The highest BCUT2D eigenvalue weighted by Gasteiger charge is 2.26. The topological polar surface area (TPSA) is 90.6 Å². The van der Waals surface area contributed by atoms with Crippen LogP contribution < -0.4 is 15.2 Å². The van der Waals surface area contributed by atoms with Crippen LogP contribution in [0.2, 0.25) is 0 Å². The monoisotopic (exact) mass is 396 g/mol. The van der Waals surface area contributed by atoms with Crippen LogP contribution in [0, 0.1) is 5.92 Å². The third-order valence-corrected chi connectivity index (χ3v) is 6.02. The van der Waals surface area contributed by atoms with Crippen molar-refractivity contribution in [2.45, 2.75) is 38.0 Å². The average molecular weight is 396 g/mol. The summed E-state index contributed by atoms with van der Waals surface area (Å²) in [6.45, 7) is 2.10. The van der Waals surface area contributed by atoms with Crippen molar-refractivity contribution in [3.63, 3.8) is 0 Å². The van der Waals surface area contributed by atoms with E-state index in [0.29, 0.717) is 54.4 Å². The first kappa shape index (κ1) is 19.5. The maximum Gasteiger partial charge on any atom is 0.253 e. The van der Waals surface area contributed by atoms with E-state index in [1.807, 2.05) is 23.1 Å². The highest BCUT2D eigenvalue weighted by atomic mass is 16.5. The molecule has 0 bridgehead atoms. The summed E-state index contributed by atoms with van der Waals surface area (Å²) in [6.07, 6.45) is 5.49. The molecule has 0 spiro atoms. The molecular formula is C22H28N4O3. The first-order valence-electron chi connectivity index (χ1n) is 10.3. The SMILES string of the molecule is COc1cc(C(=O)N2CCC(c3ccc(N)nn3)CC2)ccc1OCC1CCC1. The number of hydrogen-bond donors (Lipinski definition) is 1. The summed E-state index contributed by atoms with van der Waals surface area (Å²) in [4.78, 5) is 14.9. The van der Waals surface area contributed by atoms with E-state index < -0.39 is 0 Å². The zero-order valence-electron chi connectivity index (χ0n) is 16.8. The Labute approximate surface area is 171 Å². The smallest absolute Gasteiger partial charge is 0.253 e. The summed E-state index contributed by atoms with van der Waals surface area (Å²) in [5.74, 6) is 2.72. The first-order valence-corrected chi connectivity index (χ1v) is 10.3. The number of methoxy groups -OCH3 is 1. The molecule has 1 amide bonds. The van der Waals surface area contributed by atoms with Gasteiger partial charge < -0.3 is 20.1 Å². The van der Waals surface area contributed by atoms with Gasteiger partial charge in [-0.2, -0.15) is 5.10 Å². The molecule has 2 aromatic rings.